The van der Waals surface area contributed by atoms with E-state index in [0.29, 0.717) is 23.9 Å². The molecule has 86 valence electrons. The normalized spacial score (nSPS) is 41.9. The van der Waals surface area contributed by atoms with E-state index in [1.807, 2.05) is 6.92 Å². The van der Waals surface area contributed by atoms with Gasteiger partial charge in [0.2, 0.25) is 0 Å². The summed E-state index contributed by atoms with van der Waals surface area (Å²) in [7, 11) is 0. The second-order valence-corrected chi connectivity index (χ2v) is 5.53. The molecular formula is C12H21NO2. The lowest BCUT2D eigenvalue weighted by Gasteiger charge is -2.61. The van der Waals surface area contributed by atoms with Crippen molar-refractivity contribution >= 4 is 5.97 Å². The number of hydrogen-bond donors (Lipinski definition) is 1. The van der Waals surface area contributed by atoms with Crippen LogP contribution < -0.4 is 5.73 Å². The van der Waals surface area contributed by atoms with E-state index in [1.54, 1.807) is 0 Å². The lowest BCUT2D eigenvalue weighted by Crippen LogP contribution is -2.62. The molecular weight excluding hydrogens is 190 g/mol. The predicted octanol–water partition coefficient (Wildman–Crippen LogP) is 1.56. The fourth-order valence-corrected chi connectivity index (χ4v) is 3.36. The Hall–Kier alpha value is -0.570. The highest BCUT2D eigenvalue weighted by atomic mass is 16.5. The lowest BCUT2D eigenvalue weighted by molar-refractivity contribution is -0.164. The molecule has 3 aliphatic carbocycles. The molecule has 0 unspecified atom stereocenters. The molecule has 2 bridgehead atoms. The zero-order valence-electron chi connectivity index (χ0n) is 9.82. The van der Waals surface area contributed by atoms with Crippen molar-refractivity contribution in [2.45, 2.75) is 39.7 Å². The van der Waals surface area contributed by atoms with Crippen molar-refractivity contribution in [1.29, 1.82) is 0 Å². The van der Waals surface area contributed by atoms with Crippen molar-refractivity contribution in [2.24, 2.45) is 28.9 Å². The maximum atomic E-state index is 11.7. The van der Waals surface area contributed by atoms with E-state index in [2.05, 4.69) is 13.8 Å². The summed E-state index contributed by atoms with van der Waals surface area (Å²) in [5.74, 6) is 1.03. The van der Waals surface area contributed by atoms with Crippen molar-refractivity contribution in [2.75, 3.05) is 6.61 Å². The van der Waals surface area contributed by atoms with Crippen LogP contribution in [0.5, 0.6) is 0 Å². The highest BCUT2D eigenvalue weighted by molar-refractivity contribution is 5.73. The smallest absolute Gasteiger partial charge is 0.310 e. The quantitative estimate of drug-likeness (QED) is 0.705. The highest BCUT2D eigenvalue weighted by Crippen LogP contribution is 2.60. The highest BCUT2D eigenvalue weighted by Gasteiger charge is 2.58. The first-order valence-electron chi connectivity index (χ1n) is 5.90. The average molecular weight is 211 g/mol. The van der Waals surface area contributed by atoms with Gasteiger partial charge in [0, 0.05) is 6.04 Å². The second-order valence-electron chi connectivity index (χ2n) is 5.53. The molecule has 0 aromatic carbocycles. The summed E-state index contributed by atoms with van der Waals surface area (Å²) in [6.07, 6.45) is 2.12. The van der Waals surface area contributed by atoms with Crippen molar-refractivity contribution in [1.82, 2.24) is 0 Å². The largest absolute Gasteiger partial charge is 0.466 e. The monoisotopic (exact) mass is 211 g/mol. The van der Waals surface area contributed by atoms with Gasteiger partial charge in [-0.3, -0.25) is 4.79 Å². The van der Waals surface area contributed by atoms with E-state index >= 15 is 0 Å². The van der Waals surface area contributed by atoms with Crippen LogP contribution in [0.4, 0.5) is 0 Å². The molecule has 3 heteroatoms. The predicted molar refractivity (Wildman–Crippen MR) is 58.1 cm³/mol. The summed E-state index contributed by atoms with van der Waals surface area (Å²) in [6, 6.07) is 0.00375. The molecule has 0 saturated heterocycles. The number of hydrogen-bond acceptors (Lipinski definition) is 3. The molecule has 15 heavy (non-hydrogen) atoms. The number of esters is 1. The van der Waals surface area contributed by atoms with Crippen LogP contribution in [0.3, 0.4) is 0 Å². The Bertz CT molecular complexity index is 275. The van der Waals surface area contributed by atoms with Gasteiger partial charge in [0.05, 0.1) is 12.5 Å². The number of carbonyl (C=O) groups is 1. The van der Waals surface area contributed by atoms with Crippen LogP contribution in [0.15, 0.2) is 0 Å². The summed E-state index contributed by atoms with van der Waals surface area (Å²) in [4.78, 5) is 11.7. The molecule has 3 saturated carbocycles. The molecule has 0 radical (unpaired) electrons. The zero-order valence-corrected chi connectivity index (χ0v) is 9.82. The molecule has 4 atom stereocenters. The van der Waals surface area contributed by atoms with Gasteiger partial charge < -0.3 is 10.5 Å². The van der Waals surface area contributed by atoms with Gasteiger partial charge >= 0.3 is 5.97 Å². The number of rotatable bonds is 2. The van der Waals surface area contributed by atoms with Crippen LogP contribution >= 0.6 is 0 Å². The van der Waals surface area contributed by atoms with Crippen LogP contribution in [0, 0.1) is 23.2 Å². The molecule has 0 amide bonds. The fraction of sp³-hybridized carbons (Fsp3) is 0.917. The lowest BCUT2D eigenvalue weighted by atomic mass is 9.45. The molecule has 3 nitrogen and oxygen atoms in total. The Morgan fingerprint density at radius 1 is 1.47 bits per heavy atom. The van der Waals surface area contributed by atoms with E-state index in [0.717, 1.165) is 6.42 Å². The fourth-order valence-electron chi connectivity index (χ4n) is 3.36. The minimum atomic E-state index is -0.0878. The van der Waals surface area contributed by atoms with Crippen LogP contribution in [-0.4, -0.2) is 18.6 Å². The summed E-state index contributed by atoms with van der Waals surface area (Å²) in [5.41, 5.74) is 6.50. The maximum absolute atomic E-state index is 11.7. The molecule has 3 aliphatic rings. The van der Waals surface area contributed by atoms with Crippen molar-refractivity contribution < 1.29 is 9.53 Å². The topological polar surface area (TPSA) is 52.3 Å². The Labute approximate surface area is 91.4 Å². The van der Waals surface area contributed by atoms with Gasteiger partial charge in [0.1, 0.15) is 0 Å². The Morgan fingerprint density at radius 2 is 2.13 bits per heavy atom. The van der Waals surface area contributed by atoms with E-state index < -0.39 is 0 Å². The van der Waals surface area contributed by atoms with E-state index in [9.17, 15) is 4.79 Å². The summed E-state index contributed by atoms with van der Waals surface area (Å²) < 4.78 is 5.07. The van der Waals surface area contributed by atoms with Gasteiger partial charge in [-0.1, -0.05) is 13.8 Å². The van der Waals surface area contributed by atoms with Gasteiger partial charge in [-0.15, -0.1) is 0 Å². The third-order valence-corrected chi connectivity index (χ3v) is 4.60. The maximum Gasteiger partial charge on any atom is 0.310 e. The number of ether oxygens (including phenoxy) is 1. The van der Waals surface area contributed by atoms with Crippen molar-refractivity contribution in [3.63, 3.8) is 0 Å². The molecule has 0 aromatic heterocycles. The van der Waals surface area contributed by atoms with Gasteiger partial charge in [0.25, 0.3) is 0 Å². The van der Waals surface area contributed by atoms with Crippen molar-refractivity contribution in [3.05, 3.63) is 0 Å². The van der Waals surface area contributed by atoms with E-state index in [1.165, 1.54) is 6.42 Å². The van der Waals surface area contributed by atoms with Crippen LogP contribution in [0.25, 0.3) is 0 Å². The summed E-state index contributed by atoms with van der Waals surface area (Å²) >= 11 is 0. The number of nitrogens with two attached hydrogens (primary N) is 1. The molecule has 3 fully saturated rings. The zero-order chi connectivity index (χ0) is 11.2. The Morgan fingerprint density at radius 3 is 2.60 bits per heavy atom. The molecule has 0 aliphatic heterocycles. The van der Waals surface area contributed by atoms with Gasteiger partial charge in [-0.05, 0) is 37.0 Å². The molecule has 0 aromatic rings. The molecule has 0 spiro atoms. The summed E-state index contributed by atoms with van der Waals surface area (Å²) in [6.45, 7) is 6.85. The van der Waals surface area contributed by atoms with Gasteiger partial charge in [-0.2, -0.15) is 0 Å². The minimum Gasteiger partial charge on any atom is -0.466 e. The van der Waals surface area contributed by atoms with Crippen LogP contribution in [0.2, 0.25) is 0 Å². The van der Waals surface area contributed by atoms with Gasteiger partial charge in [-0.25, -0.2) is 0 Å². The van der Waals surface area contributed by atoms with Crippen LogP contribution in [0.1, 0.15) is 33.6 Å². The number of carbonyl (C=O) groups excluding carboxylic acids is 1. The third kappa shape index (κ3) is 1.48. The van der Waals surface area contributed by atoms with E-state index in [4.69, 9.17) is 10.5 Å². The van der Waals surface area contributed by atoms with E-state index in [-0.39, 0.29) is 17.9 Å². The first kappa shape index (κ1) is 10.9. The van der Waals surface area contributed by atoms with Gasteiger partial charge in [0.15, 0.2) is 0 Å². The Kier molecular flexibility index (Phi) is 2.53. The van der Waals surface area contributed by atoms with Crippen LogP contribution in [-0.2, 0) is 9.53 Å². The van der Waals surface area contributed by atoms with Crippen molar-refractivity contribution in [3.8, 4) is 0 Å². The third-order valence-electron chi connectivity index (χ3n) is 4.60. The molecule has 3 rings (SSSR count). The standard InChI is InChI=1S/C12H21NO2/c1-4-15-11(14)8-5-7-6-9(10(8)13)12(7,2)3/h7-10H,4-6,13H2,1-3H3/t7-,8+,9-,10-/m1/s1. The first-order chi connectivity index (χ1) is 6.98. The first-order valence-corrected chi connectivity index (χ1v) is 5.90. The number of fused-ring (bicyclic) bond motifs is 2. The average Bonchev–Trinajstić information content (AvgIpc) is 2.17. The SMILES string of the molecule is CCOC(=O)[C@H]1C[C@@H]2C[C@H]([C@@H]1N)C2(C)C. The minimum absolute atomic E-state index is 0.00375. The Balaban J connectivity index is 2.05. The molecule has 2 N–H and O–H groups in total. The second kappa shape index (κ2) is 3.48. The molecule has 0 heterocycles. The summed E-state index contributed by atoms with van der Waals surface area (Å²) in [5, 5.41) is 0.